The first-order valence-electron chi connectivity index (χ1n) is 9.08. The third-order valence-electron chi connectivity index (χ3n) is 5.37. The number of hydrogen-bond donors (Lipinski definition) is 3. The highest BCUT2D eigenvalue weighted by atomic mass is 16.3. The number of aromatic hydroxyl groups is 3. The Balaban J connectivity index is 2.36. The number of hydrogen-bond acceptors (Lipinski definition) is 3. The normalized spacial score (nSPS) is 11.2. The summed E-state index contributed by atoms with van der Waals surface area (Å²) in [4.78, 5) is 0. The van der Waals surface area contributed by atoms with Crippen molar-refractivity contribution in [2.24, 2.45) is 0 Å². The number of rotatable bonds is 3. The molecule has 3 rings (SSSR count). The van der Waals surface area contributed by atoms with Crippen molar-refractivity contribution in [3.8, 4) is 17.2 Å². The fourth-order valence-corrected chi connectivity index (χ4v) is 3.71. The number of phenolic OH excluding ortho intramolecular Hbond substituents is 3. The van der Waals surface area contributed by atoms with Crippen LogP contribution in [0.3, 0.4) is 0 Å². The van der Waals surface area contributed by atoms with E-state index in [-0.39, 0.29) is 23.2 Å². The van der Waals surface area contributed by atoms with Gasteiger partial charge in [-0.05, 0) is 103 Å². The summed E-state index contributed by atoms with van der Waals surface area (Å²) in [5.41, 5.74) is 7.83. The molecule has 3 nitrogen and oxygen atoms in total. The van der Waals surface area contributed by atoms with E-state index in [0.29, 0.717) is 0 Å². The van der Waals surface area contributed by atoms with Crippen LogP contribution in [0.2, 0.25) is 0 Å². The van der Waals surface area contributed by atoms with Crippen molar-refractivity contribution in [2.45, 2.75) is 40.5 Å². The van der Waals surface area contributed by atoms with Gasteiger partial charge in [-0.25, -0.2) is 0 Å². The van der Waals surface area contributed by atoms with Crippen LogP contribution in [0, 0.1) is 34.6 Å². The van der Waals surface area contributed by atoms with Crippen molar-refractivity contribution in [1.82, 2.24) is 0 Å². The van der Waals surface area contributed by atoms with Gasteiger partial charge in [-0.1, -0.05) is 18.2 Å². The molecule has 0 aliphatic rings. The number of benzene rings is 3. The molecule has 0 bridgehead atoms. The third-order valence-corrected chi connectivity index (χ3v) is 5.37. The van der Waals surface area contributed by atoms with Crippen LogP contribution < -0.4 is 0 Å². The molecule has 0 atom stereocenters. The Labute approximate surface area is 160 Å². The molecule has 3 heteroatoms. The van der Waals surface area contributed by atoms with Crippen LogP contribution in [0.15, 0.2) is 42.5 Å². The lowest BCUT2D eigenvalue weighted by Gasteiger charge is -2.26. The van der Waals surface area contributed by atoms with E-state index in [4.69, 9.17) is 0 Å². The largest absolute Gasteiger partial charge is 0.508 e. The maximum absolute atomic E-state index is 10.1. The quantitative estimate of drug-likeness (QED) is 0.537. The minimum absolute atomic E-state index is 0.115. The topological polar surface area (TPSA) is 60.7 Å². The van der Waals surface area contributed by atoms with Crippen LogP contribution >= 0.6 is 0 Å². The first kappa shape index (κ1) is 18.8. The maximum atomic E-state index is 10.1. The van der Waals surface area contributed by atoms with Crippen molar-refractivity contribution in [3.63, 3.8) is 0 Å². The van der Waals surface area contributed by atoms with Gasteiger partial charge in [-0.15, -0.1) is 0 Å². The average Bonchev–Trinajstić information content (AvgIpc) is 2.60. The number of aryl methyl sites for hydroxylation is 5. The van der Waals surface area contributed by atoms with Crippen LogP contribution in [0.4, 0.5) is 0 Å². The highest BCUT2D eigenvalue weighted by Crippen LogP contribution is 2.41. The van der Waals surface area contributed by atoms with Gasteiger partial charge in [0.2, 0.25) is 0 Å². The molecule has 0 radical (unpaired) electrons. The second-order valence-electron chi connectivity index (χ2n) is 7.46. The van der Waals surface area contributed by atoms with E-state index in [1.807, 2.05) is 58.9 Å². The summed E-state index contributed by atoms with van der Waals surface area (Å²) in [5, 5.41) is 30.4. The molecular formula is C24H26O3. The predicted octanol–water partition coefficient (Wildman–Crippen LogP) is 5.53. The van der Waals surface area contributed by atoms with E-state index in [1.54, 1.807) is 18.2 Å². The molecule has 0 aromatic heterocycles. The molecule has 0 saturated carbocycles. The predicted molar refractivity (Wildman–Crippen MR) is 109 cm³/mol. The average molecular weight is 362 g/mol. The van der Waals surface area contributed by atoms with Gasteiger partial charge in [0.15, 0.2) is 0 Å². The summed E-state index contributed by atoms with van der Waals surface area (Å²) in [5.74, 6) is 0.667. The minimum Gasteiger partial charge on any atom is -0.508 e. The van der Waals surface area contributed by atoms with Gasteiger partial charge in [-0.3, -0.25) is 0 Å². The SMILES string of the molecule is Cc1cc(C(c2cc(O)ccc2C)c2cc(C)c(O)cc2C)c(C)cc1O. The molecule has 0 fully saturated rings. The maximum Gasteiger partial charge on any atom is 0.118 e. The first-order chi connectivity index (χ1) is 12.7. The standard InChI is InChI=1S/C24H26O3/c1-13-6-7-18(25)12-21(13)24(19-8-16(4)22(26)10-14(19)2)20-9-17(5)23(27)11-15(20)3/h6-12,24-27H,1-5H3. The molecule has 140 valence electrons. The monoisotopic (exact) mass is 362 g/mol. The summed E-state index contributed by atoms with van der Waals surface area (Å²) in [6.45, 7) is 9.79. The molecular weight excluding hydrogens is 336 g/mol. The Morgan fingerprint density at radius 1 is 0.519 bits per heavy atom. The fourth-order valence-electron chi connectivity index (χ4n) is 3.71. The zero-order valence-corrected chi connectivity index (χ0v) is 16.5. The second-order valence-corrected chi connectivity index (χ2v) is 7.46. The number of phenols is 3. The van der Waals surface area contributed by atoms with Gasteiger partial charge in [0, 0.05) is 5.92 Å². The summed E-state index contributed by atoms with van der Waals surface area (Å²) in [6, 6.07) is 13.0. The zero-order chi connectivity index (χ0) is 19.9. The van der Waals surface area contributed by atoms with Gasteiger partial charge in [0.25, 0.3) is 0 Å². The van der Waals surface area contributed by atoms with Gasteiger partial charge < -0.3 is 15.3 Å². The lowest BCUT2D eigenvalue weighted by molar-refractivity contribution is 0.469. The molecule has 0 spiro atoms. The van der Waals surface area contributed by atoms with Crippen LogP contribution in [-0.4, -0.2) is 15.3 Å². The summed E-state index contributed by atoms with van der Waals surface area (Å²) >= 11 is 0. The van der Waals surface area contributed by atoms with Crippen molar-refractivity contribution in [2.75, 3.05) is 0 Å². The van der Waals surface area contributed by atoms with Crippen molar-refractivity contribution in [1.29, 1.82) is 0 Å². The molecule has 3 aromatic carbocycles. The second kappa shape index (κ2) is 6.99. The smallest absolute Gasteiger partial charge is 0.118 e. The molecule has 0 saturated heterocycles. The highest BCUT2D eigenvalue weighted by molar-refractivity contribution is 5.56. The van der Waals surface area contributed by atoms with Crippen molar-refractivity contribution < 1.29 is 15.3 Å². The Bertz CT molecular complexity index is 961. The van der Waals surface area contributed by atoms with Crippen LogP contribution in [0.25, 0.3) is 0 Å². The van der Waals surface area contributed by atoms with Gasteiger partial charge in [0.05, 0.1) is 0 Å². The van der Waals surface area contributed by atoms with Gasteiger partial charge in [0.1, 0.15) is 17.2 Å². The van der Waals surface area contributed by atoms with E-state index in [2.05, 4.69) is 0 Å². The first-order valence-corrected chi connectivity index (χ1v) is 9.08. The van der Waals surface area contributed by atoms with Gasteiger partial charge >= 0.3 is 0 Å². The molecule has 0 amide bonds. The molecule has 27 heavy (non-hydrogen) atoms. The van der Waals surface area contributed by atoms with E-state index in [9.17, 15) is 15.3 Å². The highest BCUT2D eigenvalue weighted by Gasteiger charge is 2.24. The molecule has 0 unspecified atom stereocenters. The summed E-state index contributed by atoms with van der Waals surface area (Å²) < 4.78 is 0. The Morgan fingerprint density at radius 3 is 1.44 bits per heavy atom. The molecule has 3 aromatic rings. The van der Waals surface area contributed by atoms with Crippen LogP contribution in [0.5, 0.6) is 17.2 Å². The lowest BCUT2D eigenvalue weighted by atomic mass is 9.78. The minimum atomic E-state index is -0.115. The lowest BCUT2D eigenvalue weighted by Crippen LogP contribution is -2.09. The van der Waals surface area contributed by atoms with Crippen molar-refractivity contribution in [3.05, 3.63) is 87.0 Å². The van der Waals surface area contributed by atoms with E-state index in [0.717, 1.165) is 44.5 Å². The molecule has 0 aliphatic heterocycles. The third kappa shape index (κ3) is 3.50. The van der Waals surface area contributed by atoms with Crippen LogP contribution in [-0.2, 0) is 0 Å². The van der Waals surface area contributed by atoms with Crippen LogP contribution in [0.1, 0.15) is 50.4 Å². The van der Waals surface area contributed by atoms with E-state index >= 15 is 0 Å². The summed E-state index contributed by atoms with van der Waals surface area (Å²) in [7, 11) is 0. The zero-order valence-electron chi connectivity index (χ0n) is 16.5. The van der Waals surface area contributed by atoms with Crippen molar-refractivity contribution >= 4 is 0 Å². The Morgan fingerprint density at radius 2 is 0.963 bits per heavy atom. The van der Waals surface area contributed by atoms with Gasteiger partial charge in [-0.2, -0.15) is 0 Å². The molecule has 0 heterocycles. The molecule has 3 N–H and O–H groups in total. The van der Waals surface area contributed by atoms with E-state index < -0.39 is 0 Å². The Hall–Kier alpha value is -2.94. The molecule has 0 aliphatic carbocycles. The fraction of sp³-hybridized carbons (Fsp3) is 0.250. The van der Waals surface area contributed by atoms with E-state index in [1.165, 1.54) is 0 Å². The Kier molecular flexibility index (Phi) is 4.88. The summed E-state index contributed by atoms with van der Waals surface area (Å²) in [6.07, 6.45) is 0.